The molecule has 1 saturated heterocycles. The molecule has 10 heteroatoms. The van der Waals surface area contributed by atoms with E-state index in [-0.39, 0.29) is 23.3 Å². The van der Waals surface area contributed by atoms with Crippen LogP contribution >= 0.6 is 0 Å². The van der Waals surface area contributed by atoms with Gasteiger partial charge in [0.1, 0.15) is 17.8 Å². The lowest BCUT2D eigenvalue weighted by Gasteiger charge is -2.43. The Labute approximate surface area is 241 Å². The first kappa shape index (κ1) is 27.7. The number of benzene rings is 3. The number of carbonyl (C=O) groups is 1. The number of aromatic nitrogens is 1. The maximum absolute atomic E-state index is 13.6. The highest BCUT2D eigenvalue weighted by Crippen LogP contribution is 2.61. The summed E-state index contributed by atoms with van der Waals surface area (Å²) in [6, 6.07) is 15.5. The lowest BCUT2D eigenvalue weighted by Crippen LogP contribution is -2.63. The van der Waals surface area contributed by atoms with E-state index in [4.69, 9.17) is 9.47 Å². The Morgan fingerprint density at radius 2 is 1.71 bits per heavy atom. The number of aliphatic hydroxyl groups is 6. The van der Waals surface area contributed by atoms with E-state index in [1.165, 1.54) is 0 Å². The molecule has 4 aromatic rings. The van der Waals surface area contributed by atoms with Gasteiger partial charge in [-0.1, -0.05) is 43.2 Å². The molecule has 222 valence electrons. The van der Waals surface area contributed by atoms with Crippen molar-refractivity contribution in [3.63, 3.8) is 0 Å². The first-order valence-electron chi connectivity index (χ1n) is 14.5. The van der Waals surface area contributed by atoms with Crippen LogP contribution in [0.3, 0.4) is 0 Å². The van der Waals surface area contributed by atoms with Crippen LogP contribution < -0.4 is 4.74 Å². The molecule has 1 aliphatic heterocycles. The first-order valence-corrected chi connectivity index (χ1v) is 14.5. The van der Waals surface area contributed by atoms with Gasteiger partial charge in [0, 0.05) is 12.5 Å². The Balaban J connectivity index is 1.25. The highest BCUT2D eigenvalue weighted by Gasteiger charge is 2.72. The molecular weight excluding hydrogens is 542 g/mol. The molecule has 42 heavy (non-hydrogen) atoms. The summed E-state index contributed by atoms with van der Waals surface area (Å²) in [5.41, 5.74) is -1.59. The number of carbonyl (C=O) groups excluding carboxylic acids is 1. The number of aromatic amines is 1. The molecule has 0 amide bonds. The molecule has 0 radical (unpaired) electrons. The predicted molar refractivity (Wildman–Crippen MR) is 152 cm³/mol. The molecule has 2 saturated carbocycles. The van der Waals surface area contributed by atoms with Crippen molar-refractivity contribution in [2.75, 3.05) is 6.61 Å². The van der Waals surface area contributed by atoms with Crippen LogP contribution in [0.2, 0.25) is 0 Å². The fourth-order valence-electron chi connectivity index (χ4n) is 8.01. The van der Waals surface area contributed by atoms with Crippen molar-refractivity contribution in [2.24, 2.45) is 11.3 Å². The topological polar surface area (TPSA) is 173 Å². The zero-order valence-corrected chi connectivity index (χ0v) is 23.0. The minimum Gasteiger partial charge on any atom is -0.422 e. The molecule has 6 atom stereocenters. The summed E-state index contributed by atoms with van der Waals surface area (Å²) < 4.78 is 11.5. The van der Waals surface area contributed by atoms with E-state index in [0.717, 1.165) is 47.2 Å². The highest BCUT2D eigenvalue weighted by atomic mass is 16.7. The van der Waals surface area contributed by atoms with Gasteiger partial charge < -0.3 is 45.1 Å². The third kappa shape index (κ3) is 3.87. The quantitative estimate of drug-likeness (QED) is 0.139. The summed E-state index contributed by atoms with van der Waals surface area (Å²) in [5.74, 6) is -4.62. The fourth-order valence-corrected chi connectivity index (χ4v) is 8.01. The molecule has 10 nitrogen and oxygen atoms in total. The average Bonchev–Trinajstić information content (AvgIpc) is 3.73. The molecule has 1 spiro atoms. The number of esters is 1. The second kappa shape index (κ2) is 9.72. The average molecular weight is 578 g/mol. The van der Waals surface area contributed by atoms with E-state index >= 15 is 0 Å². The summed E-state index contributed by atoms with van der Waals surface area (Å²) in [6.45, 7) is -0.939. The van der Waals surface area contributed by atoms with Gasteiger partial charge in [-0.15, -0.1) is 0 Å². The second-order valence-corrected chi connectivity index (χ2v) is 12.5. The Morgan fingerprint density at radius 3 is 2.40 bits per heavy atom. The smallest absolute Gasteiger partial charge is 0.343 e. The molecule has 0 bridgehead atoms. The number of fused-ring (bicyclic) bond motifs is 4. The molecule has 2 heterocycles. The lowest BCUT2D eigenvalue weighted by atomic mass is 9.78. The zero-order valence-electron chi connectivity index (χ0n) is 23.0. The number of nitrogens with one attached hydrogen (secondary N) is 1. The Kier molecular flexibility index (Phi) is 6.41. The SMILES string of the molecule is O=C(Oc1c(CO)[nH]c2ccc3cc4ccccc4cc3c12)C1OC(O)(C2(O)CC3(CCCC3)CC2CO)C(O)C1O. The predicted octanol–water partition coefficient (Wildman–Crippen LogP) is 2.38. The van der Waals surface area contributed by atoms with Crippen LogP contribution in [0.4, 0.5) is 0 Å². The number of H-pyrrole nitrogens is 1. The van der Waals surface area contributed by atoms with Crippen LogP contribution in [-0.2, 0) is 16.1 Å². The number of hydrogen-bond acceptors (Lipinski definition) is 9. The number of aliphatic hydroxyl groups excluding tert-OH is 4. The summed E-state index contributed by atoms with van der Waals surface area (Å²) in [6.07, 6.45) is -1.80. The summed E-state index contributed by atoms with van der Waals surface area (Å²) in [5, 5.41) is 69.9. The molecule has 3 aliphatic rings. The van der Waals surface area contributed by atoms with E-state index in [2.05, 4.69) is 4.98 Å². The van der Waals surface area contributed by atoms with Crippen molar-refractivity contribution in [2.45, 2.75) is 74.8 Å². The highest BCUT2D eigenvalue weighted by molar-refractivity contribution is 6.14. The maximum Gasteiger partial charge on any atom is 0.343 e. The van der Waals surface area contributed by atoms with Gasteiger partial charge in [0.15, 0.2) is 11.9 Å². The fraction of sp³-hybridized carbons (Fsp3) is 0.469. The second-order valence-electron chi connectivity index (χ2n) is 12.5. The molecule has 3 aromatic carbocycles. The number of ether oxygens (including phenoxy) is 2. The van der Waals surface area contributed by atoms with Crippen molar-refractivity contribution in [3.05, 3.63) is 54.2 Å². The van der Waals surface area contributed by atoms with Crippen molar-refractivity contribution in [3.8, 4) is 5.75 Å². The van der Waals surface area contributed by atoms with Crippen LogP contribution in [-0.4, -0.2) is 77.9 Å². The molecule has 1 aromatic heterocycles. The third-order valence-electron chi connectivity index (χ3n) is 10.1. The van der Waals surface area contributed by atoms with Gasteiger partial charge in [-0.2, -0.15) is 0 Å². The van der Waals surface area contributed by atoms with Crippen LogP contribution in [0.1, 0.15) is 44.2 Å². The monoisotopic (exact) mass is 577 g/mol. The summed E-state index contributed by atoms with van der Waals surface area (Å²) in [4.78, 5) is 16.7. The molecule has 6 unspecified atom stereocenters. The third-order valence-corrected chi connectivity index (χ3v) is 10.1. The normalized spacial score (nSPS) is 32.5. The molecule has 7 rings (SSSR count). The van der Waals surface area contributed by atoms with Crippen LogP contribution in [0.15, 0.2) is 48.5 Å². The Morgan fingerprint density at radius 1 is 1.00 bits per heavy atom. The van der Waals surface area contributed by atoms with Crippen LogP contribution in [0.5, 0.6) is 5.75 Å². The van der Waals surface area contributed by atoms with E-state index < -0.39 is 54.8 Å². The van der Waals surface area contributed by atoms with Crippen molar-refractivity contribution < 1.29 is 44.9 Å². The van der Waals surface area contributed by atoms with Gasteiger partial charge in [-0.25, -0.2) is 4.79 Å². The number of rotatable bonds is 5. The van der Waals surface area contributed by atoms with Crippen molar-refractivity contribution in [1.29, 1.82) is 0 Å². The summed E-state index contributed by atoms with van der Waals surface area (Å²) >= 11 is 0. The van der Waals surface area contributed by atoms with Gasteiger partial charge in [0.05, 0.1) is 23.2 Å². The van der Waals surface area contributed by atoms with E-state index in [1.54, 1.807) is 0 Å². The van der Waals surface area contributed by atoms with Crippen LogP contribution in [0, 0.1) is 11.3 Å². The van der Waals surface area contributed by atoms with E-state index in [1.807, 2.05) is 48.5 Å². The van der Waals surface area contributed by atoms with Gasteiger partial charge in [-0.3, -0.25) is 0 Å². The molecule has 2 aliphatic carbocycles. The largest absolute Gasteiger partial charge is 0.422 e. The van der Waals surface area contributed by atoms with Gasteiger partial charge in [0.2, 0.25) is 5.79 Å². The number of hydrogen-bond donors (Lipinski definition) is 7. The van der Waals surface area contributed by atoms with Crippen LogP contribution in [0.25, 0.3) is 32.4 Å². The zero-order chi connectivity index (χ0) is 29.4. The van der Waals surface area contributed by atoms with Crippen molar-refractivity contribution >= 4 is 38.4 Å². The molecule has 3 fully saturated rings. The standard InChI is InChI=1S/C32H35NO9/c34-14-20-13-30(9-3-4-10-30)16-31(20,39)32(40)28(37)25(36)27(42-32)29(38)41-26-23(15-35)33-22-8-7-19-11-17-5-1-2-6-18(17)12-21(19)24(22)26/h1-2,5-8,11-12,20,25,27-28,33-37,39-40H,3-4,9-10,13-16H2. The first-order chi connectivity index (χ1) is 20.1. The Hall–Kier alpha value is -3.09. The summed E-state index contributed by atoms with van der Waals surface area (Å²) in [7, 11) is 0. The molecule has 7 N–H and O–H groups in total. The lowest BCUT2D eigenvalue weighted by molar-refractivity contribution is -0.327. The molecular formula is C32H35NO9. The van der Waals surface area contributed by atoms with Gasteiger partial charge in [-0.05, 0) is 70.8 Å². The maximum atomic E-state index is 13.6. The van der Waals surface area contributed by atoms with Gasteiger partial charge >= 0.3 is 5.97 Å². The Bertz CT molecular complexity index is 1690. The van der Waals surface area contributed by atoms with Gasteiger partial charge in [0.25, 0.3) is 0 Å². The van der Waals surface area contributed by atoms with E-state index in [0.29, 0.717) is 17.3 Å². The minimum absolute atomic E-state index is 0.0387. The minimum atomic E-state index is -2.72. The van der Waals surface area contributed by atoms with E-state index in [9.17, 15) is 35.4 Å². The van der Waals surface area contributed by atoms with Crippen molar-refractivity contribution in [1.82, 2.24) is 4.98 Å².